The highest BCUT2D eigenvalue weighted by atomic mass is 16.2. The molecule has 0 bridgehead atoms. The SMILES string of the molecule is Cc1nn(-c2ccccc2)c(C)c1CNC(=O)C1=NN(C)C(=O)CC1. The molecular formula is C18H21N5O2. The first kappa shape index (κ1) is 16.9. The van der Waals surface area contributed by atoms with Gasteiger partial charge < -0.3 is 5.32 Å². The van der Waals surface area contributed by atoms with E-state index in [1.54, 1.807) is 7.05 Å². The monoisotopic (exact) mass is 339 g/mol. The average Bonchev–Trinajstić information content (AvgIpc) is 2.90. The molecule has 0 unspecified atom stereocenters. The van der Waals surface area contributed by atoms with Crippen LogP contribution >= 0.6 is 0 Å². The van der Waals surface area contributed by atoms with Crippen LogP contribution in [0.4, 0.5) is 0 Å². The number of aryl methyl sites for hydroxylation is 1. The molecule has 130 valence electrons. The van der Waals surface area contributed by atoms with Crippen molar-refractivity contribution in [2.24, 2.45) is 5.10 Å². The van der Waals surface area contributed by atoms with Crippen molar-refractivity contribution in [1.29, 1.82) is 0 Å². The Balaban J connectivity index is 1.74. The molecular weight excluding hydrogens is 318 g/mol. The van der Waals surface area contributed by atoms with Gasteiger partial charge >= 0.3 is 0 Å². The van der Waals surface area contributed by atoms with Crippen LogP contribution in [0.2, 0.25) is 0 Å². The van der Waals surface area contributed by atoms with E-state index in [-0.39, 0.29) is 11.8 Å². The second-order valence-corrected chi connectivity index (χ2v) is 6.04. The van der Waals surface area contributed by atoms with Crippen molar-refractivity contribution < 1.29 is 9.59 Å². The fraction of sp³-hybridized carbons (Fsp3) is 0.333. The van der Waals surface area contributed by atoms with Gasteiger partial charge in [0.2, 0.25) is 5.91 Å². The fourth-order valence-electron chi connectivity index (χ4n) is 2.86. The Morgan fingerprint density at radius 3 is 2.60 bits per heavy atom. The summed E-state index contributed by atoms with van der Waals surface area (Å²) in [6, 6.07) is 9.87. The van der Waals surface area contributed by atoms with E-state index >= 15 is 0 Å². The van der Waals surface area contributed by atoms with Crippen LogP contribution in [0, 0.1) is 13.8 Å². The van der Waals surface area contributed by atoms with E-state index < -0.39 is 0 Å². The molecule has 0 fully saturated rings. The summed E-state index contributed by atoms with van der Waals surface area (Å²) in [7, 11) is 1.56. The number of hydrogen-bond donors (Lipinski definition) is 1. The Kier molecular flexibility index (Phi) is 4.65. The summed E-state index contributed by atoms with van der Waals surface area (Å²) < 4.78 is 1.88. The van der Waals surface area contributed by atoms with Crippen molar-refractivity contribution in [3.63, 3.8) is 0 Å². The molecule has 0 radical (unpaired) electrons. The van der Waals surface area contributed by atoms with Gasteiger partial charge in [0, 0.05) is 37.7 Å². The number of hydrogen-bond acceptors (Lipinski definition) is 4. The van der Waals surface area contributed by atoms with Crippen LogP contribution in [-0.2, 0) is 16.1 Å². The van der Waals surface area contributed by atoms with Gasteiger partial charge in [-0.25, -0.2) is 9.69 Å². The first-order valence-electron chi connectivity index (χ1n) is 8.20. The van der Waals surface area contributed by atoms with Crippen LogP contribution in [0.1, 0.15) is 29.8 Å². The summed E-state index contributed by atoms with van der Waals surface area (Å²) in [5.41, 5.74) is 4.21. The van der Waals surface area contributed by atoms with E-state index in [0.29, 0.717) is 25.1 Å². The van der Waals surface area contributed by atoms with E-state index in [4.69, 9.17) is 0 Å². The predicted molar refractivity (Wildman–Crippen MR) is 94.3 cm³/mol. The molecule has 7 nitrogen and oxygen atoms in total. The van der Waals surface area contributed by atoms with Crippen LogP contribution in [-0.4, -0.2) is 39.4 Å². The number of carbonyl (C=O) groups is 2. The van der Waals surface area contributed by atoms with Gasteiger partial charge in [0.15, 0.2) is 0 Å². The maximum Gasteiger partial charge on any atom is 0.267 e. The minimum Gasteiger partial charge on any atom is -0.347 e. The van der Waals surface area contributed by atoms with Gasteiger partial charge in [-0.3, -0.25) is 9.59 Å². The number of hydrazone groups is 1. The number of benzene rings is 1. The van der Waals surface area contributed by atoms with Gasteiger partial charge in [-0.15, -0.1) is 0 Å². The van der Waals surface area contributed by atoms with Crippen molar-refractivity contribution >= 4 is 17.5 Å². The second kappa shape index (κ2) is 6.88. The lowest BCUT2D eigenvalue weighted by molar-refractivity contribution is -0.130. The molecule has 2 heterocycles. The quantitative estimate of drug-likeness (QED) is 0.921. The third kappa shape index (κ3) is 3.45. The molecule has 0 atom stereocenters. The van der Waals surface area contributed by atoms with Crippen LogP contribution < -0.4 is 5.32 Å². The smallest absolute Gasteiger partial charge is 0.267 e. The van der Waals surface area contributed by atoms with E-state index in [0.717, 1.165) is 22.6 Å². The highest BCUT2D eigenvalue weighted by Gasteiger charge is 2.22. The Bertz CT molecular complexity index is 839. The third-order valence-corrected chi connectivity index (χ3v) is 4.34. The molecule has 1 aliphatic heterocycles. The third-order valence-electron chi connectivity index (χ3n) is 4.34. The number of rotatable bonds is 4. The minimum atomic E-state index is -0.245. The molecule has 2 amide bonds. The van der Waals surface area contributed by atoms with Crippen molar-refractivity contribution in [3.05, 3.63) is 47.3 Å². The Morgan fingerprint density at radius 1 is 1.20 bits per heavy atom. The topological polar surface area (TPSA) is 79.6 Å². The van der Waals surface area contributed by atoms with Crippen LogP contribution in [0.25, 0.3) is 5.69 Å². The molecule has 7 heteroatoms. The molecule has 0 saturated carbocycles. The summed E-state index contributed by atoms with van der Waals surface area (Å²) in [4.78, 5) is 23.8. The number of nitrogens with zero attached hydrogens (tertiary/aromatic N) is 4. The zero-order valence-electron chi connectivity index (χ0n) is 14.6. The van der Waals surface area contributed by atoms with E-state index in [2.05, 4.69) is 15.5 Å². The van der Waals surface area contributed by atoms with Gasteiger partial charge in [-0.2, -0.15) is 10.2 Å². The number of amides is 2. The first-order valence-corrected chi connectivity index (χ1v) is 8.20. The number of carbonyl (C=O) groups excluding carboxylic acids is 2. The molecule has 1 aromatic heterocycles. The normalized spacial score (nSPS) is 14.4. The summed E-state index contributed by atoms with van der Waals surface area (Å²) >= 11 is 0. The first-order chi connectivity index (χ1) is 12.0. The molecule has 1 N–H and O–H groups in total. The van der Waals surface area contributed by atoms with Crippen molar-refractivity contribution in [2.45, 2.75) is 33.2 Å². The van der Waals surface area contributed by atoms with Crippen molar-refractivity contribution in [3.8, 4) is 5.69 Å². The number of para-hydroxylation sites is 1. The zero-order valence-corrected chi connectivity index (χ0v) is 14.6. The van der Waals surface area contributed by atoms with E-state index in [1.165, 1.54) is 5.01 Å². The highest BCUT2D eigenvalue weighted by molar-refractivity contribution is 6.39. The lowest BCUT2D eigenvalue weighted by atomic mass is 10.1. The number of nitrogens with one attached hydrogen (secondary N) is 1. The zero-order chi connectivity index (χ0) is 18.0. The molecule has 0 aliphatic carbocycles. The van der Waals surface area contributed by atoms with Crippen LogP contribution in [0.15, 0.2) is 35.4 Å². The molecule has 1 aromatic carbocycles. The summed E-state index contributed by atoms with van der Waals surface area (Å²) in [5.74, 6) is -0.321. The molecule has 3 rings (SSSR count). The minimum absolute atomic E-state index is 0.0765. The maximum absolute atomic E-state index is 12.3. The number of aromatic nitrogens is 2. The second-order valence-electron chi connectivity index (χ2n) is 6.04. The van der Waals surface area contributed by atoms with Crippen LogP contribution in [0.5, 0.6) is 0 Å². The Labute approximate surface area is 146 Å². The van der Waals surface area contributed by atoms with Gasteiger partial charge in [-0.05, 0) is 26.0 Å². The predicted octanol–water partition coefficient (Wildman–Crippen LogP) is 1.71. The van der Waals surface area contributed by atoms with Gasteiger partial charge in [0.05, 0.1) is 11.4 Å². The fourth-order valence-corrected chi connectivity index (χ4v) is 2.86. The van der Waals surface area contributed by atoms with Crippen LogP contribution in [0.3, 0.4) is 0 Å². The maximum atomic E-state index is 12.3. The summed E-state index contributed by atoms with van der Waals surface area (Å²) in [6.07, 6.45) is 0.684. The van der Waals surface area contributed by atoms with Gasteiger partial charge in [-0.1, -0.05) is 18.2 Å². The molecule has 1 aliphatic rings. The van der Waals surface area contributed by atoms with Gasteiger partial charge in [0.25, 0.3) is 5.91 Å². The highest BCUT2D eigenvalue weighted by Crippen LogP contribution is 2.17. The molecule has 0 spiro atoms. The average molecular weight is 339 g/mol. The Morgan fingerprint density at radius 2 is 1.92 bits per heavy atom. The molecule has 2 aromatic rings. The van der Waals surface area contributed by atoms with E-state index in [1.807, 2.05) is 48.9 Å². The van der Waals surface area contributed by atoms with Gasteiger partial charge in [0.1, 0.15) is 5.71 Å². The van der Waals surface area contributed by atoms with Crippen molar-refractivity contribution in [2.75, 3.05) is 7.05 Å². The molecule has 0 saturated heterocycles. The standard InChI is InChI=1S/C18H21N5O2/c1-12-15(13(2)23(20-12)14-7-5-4-6-8-14)11-19-18(25)16-9-10-17(24)22(3)21-16/h4-8H,9-11H2,1-3H3,(H,19,25). The lowest BCUT2D eigenvalue weighted by Gasteiger charge is -2.18. The lowest BCUT2D eigenvalue weighted by Crippen LogP contribution is -2.37. The van der Waals surface area contributed by atoms with Crippen molar-refractivity contribution in [1.82, 2.24) is 20.1 Å². The summed E-state index contributed by atoms with van der Waals surface area (Å²) in [5, 5.41) is 12.7. The Hall–Kier alpha value is -2.96. The largest absolute Gasteiger partial charge is 0.347 e. The van der Waals surface area contributed by atoms with E-state index in [9.17, 15) is 9.59 Å². The molecule has 25 heavy (non-hydrogen) atoms. The summed E-state index contributed by atoms with van der Waals surface area (Å²) in [6.45, 7) is 4.29.